The molecule has 0 aromatic heterocycles. The van der Waals surface area contributed by atoms with E-state index in [1.54, 1.807) is 0 Å². The van der Waals surface area contributed by atoms with Crippen molar-refractivity contribution in [3.63, 3.8) is 0 Å². The van der Waals surface area contributed by atoms with Crippen LogP contribution in [0.15, 0.2) is 243 Å². The maximum atomic E-state index is 7.50. The zero-order valence-electron chi connectivity index (χ0n) is 41.4. The molecule has 2 aliphatic carbocycles. The van der Waals surface area contributed by atoms with Gasteiger partial charge < -0.3 is 14.5 Å². The summed E-state index contributed by atoms with van der Waals surface area (Å²) in [5.74, 6) is 1.65. The Bertz CT molecular complexity index is 3980. The van der Waals surface area contributed by atoms with E-state index in [2.05, 4.69) is 280 Å². The molecular formula is C70H52N2O. The molecule has 0 unspecified atom stereocenters. The van der Waals surface area contributed by atoms with Crippen LogP contribution in [0.1, 0.15) is 49.9 Å². The predicted molar refractivity (Wildman–Crippen MR) is 305 cm³/mol. The number of ether oxygens (including phenoxy) is 1. The summed E-state index contributed by atoms with van der Waals surface area (Å²) in [5, 5.41) is 2.21. The van der Waals surface area contributed by atoms with E-state index in [1.165, 1.54) is 66.8 Å². The van der Waals surface area contributed by atoms with Gasteiger partial charge in [-0.2, -0.15) is 0 Å². The van der Waals surface area contributed by atoms with Crippen molar-refractivity contribution in [2.75, 3.05) is 9.80 Å². The number of hydrogen-bond acceptors (Lipinski definition) is 3. The van der Waals surface area contributed by atoms with Gasteiger partial charge in [-0.05, 0) is 144 Å². The summed E-state index contributed by atoms with van der Waals surface area (Å²) < 4.78 is 7.50. The normalized spacial score (nSPS) is 13.8. The van der Waals surface area contributed by atoms with Gasteiger partial charge in [-0.25, -0.2) is 0 Å². The molecule has 0 atom stereocenters. The SMILES string of the molecule is CC1(C)c2ccccc2-c2ccc(N(c3ccc(-c4ccccc4)cc3)c3cccc4c3-c3cccc5ccc(N(c6ccc(-c7ccccc7)cc6)c6ccc7c(c6)C(C)(C)c6ccccc6-7)c(c35)O4)cc21. The molecule has 73 heavy (non-hydrogen) atoms. The maximum absolute atomic E-state index is 7.50. The third-order valence-corrected chi connectivity index (χ3v) is 16.1. The van der Waals surface area contributed by atoms with Gasteiger partial charge in [0.25, 0.3) is 0 Å². The summed E-state index contributed by atoms with van der Waals surface area (Å²) in [4.78, 5) is 4.84. The predicted octanol–water partition coefficient (Wildman–Crippen LogP) is 19.5. The maximum Gasteiger partial charge on any atom is 0.159 e. The highest BCUT2D eigenvalue weighted by Gasteiger charge is 2.38. The summed E-state index contributed by atoms with van der Waals surface area (Å²) >= 11 is 0. The fraction of sp³-hybridized carbons (Fsp3) is 0.0857. The molecule has 14 rings (SSSR count). The van der Waals surface area contributed by atoms with E-state index in [0.717, 1.165) is 67.5 Å². The van der Waals surface area contributed by atoms with Crippen molar-refractivity contribution in [1.29, 1.82) is 0 Å². The van der Waals surface area contributed by atoms with E-state index in [9.17, 15) is 0 Å². The zero-order valence-corrected chi connectivity index (χ0v) is 41.4. The standard InChI is InChI=1S/C70H52N2O/c1-69(2)59-25-13-11-22-54(59)56-40-38-52(43-61(56)69)71(50-34-29-47(30-35-50)45-17-7-5-8-18-45)63-27-16-28-65-67(63)58-24-15-21-49-33-42-64(68(73-65)66(49)58)72(51-36-31-48(32-37-51)46-19-9-6-10-20-46)53-39-41-57-55-23-12-14-26-60(55)70(3,4)62(57)44-53/h5-44H,1-4H3. The van der Waals surface area contributed by atoms with Crippen LogP contribution in [0.5, 0.6) is 11.5 Å². The number of nitrogens with zero attached hydrogens (tertiary/aromatic N) is 2. The van der Waals surface area contributed by atoms with E-state index in [-0.39, 0.29) is 10.8 Å². The quantitative estimate of drug-likeness (QED) is 0.151. The Morgan fingerprint density at radius 1 is 0.315 bits per heavy atom. The number of fused-ring (bicyclic) bond motifs is 8. The first kappa shape index (κ1) is 42.9. The minimum atomic E-state index is -0.173. The second-order valence-corrected chi connectivity index (χ2v) is 20.9. The van der Waals surface area contributed by atoms with Gasteiger partial charge in [-0.3, -0.25) is 0 Å². The molecule has 11 aromatic rings. The zero-order chi connectivity index (χ0) is 49.0. The minimum Gasteiger partial charge on any atom is -0.454 e. The molecule has 0 amide bonds. The molecule has 1 aliphatic heterocycles. The third-order valence-electron chi connectivity index (χ3n) is 16.1. The molecule has 348 valence electrons. The summed E-state index contributed by atoms with van der Waals surface area (Å²) in [6.07, 6.45) is 0. The molecule has 11 aromatic carbocycles. The molecule has 0 saturated heterocycles. The Balaban J connectivity index is 0.959. The molecule has 0 saturated carbocycles. The fourth-order valence-corrected chi connectivity index (χ4v) is 12.4. The van der Waals surface area contributed by atoms with Gasteiger partial charge in [0.15, 0.2) is 5.75 Å². The molecule has 3 heteroatoms. The van der Waals surface area contributed by atoms with E-state index < -0.39 is 0 Å². The second kappa shape index (κ2) is 16.3. The Labute approximate surface area is 427 Å². The van der Waals surface area contributed by atoms with Gasteiger partial charge in [0, 0.05) is 44.5 Å². The van der Waals surface area contributed by atoms with Gasteiger partial charge >= 0.3 is 0 Å². The lowest BCUT2D eigenvalue weighted by atomic mass is 9.82. The number of hydrogen-bond donors (Lipinski definition) is 0. The lowest BCUT2D eigenvalue weighted by molar-refractivity contribution is 0.488. The van der Waals surface area contributed by atoms with Crippen molar-refractivity contribution in [2.45, 2.75) is 38.5 Å². The highest BCUT2D eigenvalue weighted by Crippen LogP contribution is 2.58. The van der Waals surface area contributed by atoms with Gasteiger partial charge in [-0.15, -0.1) is 0 Å². The molecule has 1 heterocycles. The van der Waals surface area contributed by atoms with E-state index >= 15 is 0 Å². The van der Waals surface area contributed by atoms with E-state index in [1.807, 2.05) is 0 Å². The highest BCUT2D eigenvalue weighted by molar-refractivity contribution is 6.11. The van der Waals surface area contributed by atoms with Crippen LogP contribution < -0.4 is 14.5 Å². The minimum absolute atomic E-state index is 0.169. The first-order chi connectivity index (χ1) is 35.7. The number of rotatable bonds is 8. The van der Waals surface area contributed by atoms with Crippen LogP contribution in [0.3, 0.4) is 0 Å². The highest BCUT2D eigenvalue weighted by atomic mass is 16.5. The van der Waals surface area contributed by atoms with E-state index in [4.69, 9.17) is 4.74 Å². The molecular weight excluding hydrogens is 885 g/mol. The molecule has 0 N–H and O–H groups in total. The van der Waals surface area contributed by atoms with Crippen LogP contribution >= 0.6 is 0 Å². The fourth-order valence-electron chi connectivity index (χ4n) is 12.4. The van der Waals surface area contributed by atoms with Crippen molar-refractivity contribution in [2.24, 2.45) is 0 Å². The lowest BCUT2D eigenvalue weighted by Crippen LogP contribution is -2.17. The molecule has 3 aliphatic rings. The van der Waals surface area contributed by atoms with Crippen molar-refractivity contribution in [1.82, 2.24) is 0 Å². The molecule has 0 bridgehead atoms. The van der Waals surface area contributed by atoms with Gasteiger partial charge in [-0.1, -0.05) is 204 Å². The molecule has 0 fully saturated rings. The second-order valence-electron chi connectivity index (χ2n) is 20.9. The van der Waals surface area contributed by atoms with Gasteiger partial charge in [0.1, 0.15) is 5.75 Å². The Kier molecular flexibility index (Phi) is 9.59. The van der Waals surface area contributed by atoms with Crippen LogP contribution in [0.4, 0.5) is 34.1 Å². The Hall–Kier alpha value is -8.92. The van der Waals surface area contributed by atoms with Gasteiger partial charge in [0.05, 0.1) is 11.4 Å². The van der Waals surface area contributed by atoms with Crippen LogP contribution in [0.25, 0.3) is 66.4 Å². The van der Waals surface area contributed by atoms with Crippen LogP contribution in [-0.2, 0) is 10.8 Å². The molecule has 0 radical (unpaired) electrons. The lowest BCUT2D eigenvalue weighted by Gasteiger charge is -2.34. The average molecular weight is 937 g/mol. The summed E-state index contributed by atoms with van der Waals surface area (Å²) in [6, 6.07) is 88.9. The van der Waals surface area contributed by atoms with Crippen LogP contribution in [0, 0.1) is 0 Å². The molecule has 3 nitrogen and oxygen atoms in total. The third kappa shape index (κ3) is 6.65. The monoisotopic (exact) mass is 936 g/mol. The Morgan fingerprint density at radius 2 is 0.753 bits per heavy atom. The largest absolute Gasteiger partial charge is 0.454 e. The van der Waals surface area contributed by atoms with Crippen LogP contribution in [0.2, 0.25) is 0 Å². The van der Waals surface area contributed by atoms with Crippen LogP contribution in [-0.4, -0.2) is 0 Å². The smallest absolute Gasteiger partial charge is 0.159 e. The summed E-state index contributed by atoms with van der Waals surface area (Å²) in [5.41, 5.74) is 23.5. The first-order valence-electron chi connectivity index (χ1n) is 25.5. The van der Waals surface area contributed by atoms with Crippen molar-refractivity contribution in [3.05, 3.63) is 265 Å². The number of anilines is 6. The average Bonchev–Trinajstić information content (AvgIpc) is 3.81. The van der Waals surface area contributed by atoms with Gasteiger partial charge in [0.2, 0.25) is 0 Å². The van der Waals surface area contributed by atoms with Crippen molar-refractivity contribution in [3.8, 4) is 67.1 Å². The first-order valence-corrected chi connectivity index (χ1v) is 25.5. The topological polar surface area (TPSA) is 15.7 Å². The Morgan fingerprint density at radius 3 is 1.30 bits per heavy atom. The number of benzene rings is 11. The van der Waals surface area contributed by atoms with Crippen molar-refractivity contribution >= 4 is 44.9 Å². The van der Waals surface area contributed by atoms with Crippen molar-refractivity contribution < 1.29 is 4.74 Å². The molecule has 0 spiro atoms. The summed E-state index contributed by atoms with van der Waals surface area (Å²) in [7, 11) is 0. The summed E-state index contributed by atoms with van der Waals surface area (Å²) in [6.45, 7) is 9.43. The van der Waals surface area contributed by atoms with E-state index in [0.29, 0.717) is 0 Å².